The van der Waals surface area contributed by atoms with Crippen molar-refractivity contribution < 1.29 is 0 Å². The van der Waals surface area contributed by atoms with Gasteiger partial charge in [-0.1, -0.05) is 91.9 Å². The summed E-state index contributed by atoms with van der Waals surface area (Å²) in [7, 11) is 0. The van der Waals surface area contributed by atoms with Gasteiger partial charge in [0.1, 0.15) is 0 Å². The van der Waals surface area contributed by atoms with Gasteiger partial charge >= 0.3 is 0 Å². The Bertz CT molecular complexity index is 2090. The molecular weight excluding hydrogens is 573 g/mol. The molecule has 4 heteroatoms. The first-order chi connectivity index (χ1) is 23.0. The van der Waals surface area contributed by atoms with Crippen molar-refractivity contribution in [2.45, 2.75) is 47.0 Å². The standard InChI is InChI=1S/C43H38N4/c1-5-15-32-26-39(38-21-14-13-20-37(38)36(32)6-2)33-23-34(40-27-44-29(4)22-28(40)3)25-35(24-33)43-46-41(30-16-9-7-10-17-30)45-42(47-43)31-18-11-8-12-19-31/h5,7-12,14-19,21-27H,6,13,20H2,1-4H3/b15-5-. The number of benzene rings is 4. The SMILES string of the molecule is C/C=C\c1cc(-c2cc(-c3nc(-c4ccccc4)nc(-c4ccccc4)n3)cc(-c3cnc(C)cc3C)c2)c2c(c1CC)CCC=C2. The molecular formula is C43H38N4. The second-order valence-corrected chi connectivity index (χ2v) is 12.2. The number of nitrogens with zero attached hydrogens (tertiary/aromatic N) is 4. The fraction of sp³-hybridized carbons (Fsp3) is 0.163. The first-order valence-corrected chi connectivity index (χ1v) is 16.5. The number of aromatic nitrogens is 4. The van der Waals surface area contributed by atoms with Crippen LogP contribution in [0, 0.1) is 13.8 Å². The van der Waals surface area contributed by atoms with Crippen LogP contribution in [0.2, 0.25) is 0 Å². The maximum Gasteiger partial charge on any atom is 0.164 e. The molecule has 4 aromatic carbocycles. The molecule has 0 saturated carbocycles. The number of aryl methyl sites for hydroxylation is 2. The molecule has 0 bridgehead atoms. The van der Waals surface area contributed by atoms with Crippen LogP contribution in [0.5, 0.6) is 0 Å². The van der Waals surface area contributed by atoms with E-state index in [1.54, 1.807) is 0 Å². The van der Waals surface area contributed by atoms with Crippen molar-refractivity contribution in [3.05, 3.63) is 143 Å². The molecule has 7 rings (SSSR count). The maximum absolute atomic E-state index is 5.10. The summed E-state index contributed by atoms with van der Waals surface area (Å²) in [5.41, 5.74) is 15.1. The van der Waals surface area contributed by atoms with Crippen molar-refractivity contribution in [1.29, 1.82) is 0 Å². The van der Waals surface area contributed by atoms with Crippen molar-refractivity contribution in [2.75, 3.05) is 0 Å². The van der Waals surface area contributed by atoms with Crippen molar-refractivity contribution in [2.24, 2.45) is 0 Å². The molecule has 0 N–H and O–H groups in total. The zero-order valence-corrected chi connectivity index (χ0v) is 27.5. The Kier molecular flexibility index (Phi) is 8.41. The summed E-state index contributed by atoms with van der Waals surface area (Å²) in [5.74, 6) is 1.94. The number of hydrogen-bond acceptors (Lipinski definition) is 4. The average molecular weight is 611 g/mol. The van der Waals surface area contributed by atoms with Gasteiger partial charge in [-0.15, -0.1) is 0 Å². The smallest absolute Gasteiger partial charge is 0.164 e. The minimum Gasteiger partial charge on any atom is -0.261 e. The highest BCUT2D eigenvalue weighted by atomic mass is 15.0. The lowest BCUT2D eigenvalue weighted by molar-refractivity contribution is 0.945. The van der Waals surface area contributed by atoms with E-state index >= 15 is 0 Å². The second-order valence-electron chi connectivity index (χ2n) is 12.2. The molecule has 0 amide bonds. The molecule has 0 spiro atoms. The topological polar surface area (TPSA) is 51.6 Å². The maximum atomic E-state index is 5.10. The van der Waals surface area contributed by atoms with Gasteiger partial charge in [0.25, 0.3) is 0 Å². The highest BCUT2D eigenvalue weighted by molar-refractivity contribution is 5.87. The van der Waals surface area contributed by atoms with Crippen molar-refractivity contribution in [1.82, 2.24) is 19.9 Å². The quantitative estimate of drug-likeness (QED) is 0.180. The molecule has 2 aromatic heterocycles. The fourth-order valence-corrected chi connectivity index (χ4v) is 6.71. The summed E-state index contributed by atoms with van der Waals surface area (Å²) in [6.45, 7) is 8.56. The van der Waals surface area contributed by atoms with Gasteiger partial charge in [0.2, 0.25) is 0 Å². The predicted octanol–water partition coefficient (Wildman–Crippen LogP) is 10.8. The minimum atomic E-state index is 0.641. The lowest BCUT2D eigenvalue weighted by Crippen LogP contribution is -2.05. The Labute approximate surface area is 277 Å². The normalized spacial score (nSPS) is 12.4. The predicted molar refractivity (Wildman–Crippen MR) is 196 cm³/mol. The molecule has 4 nitrogen and oxygen atoms in total. The number of fused-ring (bicyclic) bond motifs is 1. The molecule has 0 aliphatic heterocycles. The van der Waals surface area contributed by atoms with Crippen LogP contribution in [-0.2, 0) is 12.8 Å². The molecule has 6 aromatic rings. The van der Waals surface area contributed by atoms with Crippen LogP contribution in [0.4, 0.5) is 0 Å². The Morgan fingerprint density at radius 3 is 1.87 bits per heavy atom. The van der Waals surface area contributed by atoms with Gasteiger partial charge < -0.3 is 0 Å². The van der Waals surface area contributed by atoms with E-state index in [0.29, 0.717) is 17.5 Å². The minimum absolute atomic E-state index is 0.641. The molecule has 47 heavy (non-hydrogen) atoms. The van der Waals surface area contributed by atoms with Gasteiger partial charge in [0.15, 0.2) is 17.5 Å². The molecule has 1 aliphatic carbocycles. The second kappa shape index (κ2) is 13.1. The highest BCUT2D eigenvalue weighted by Crippen LogP contribution is 2.40. The fourth-order valence-electron chi connectivity index (χ4n) is 6.71. The van der Waals surface area contributed by atoms with Gasteiger partial charge in [-0.05, 0) is 115 Å². The molecule has 0 atom stereocenters. The van der Waals surface area contributed by atoms with Crippen molar-refractivity contribution in [3.8, 4) is 56.4 Å². The van der Waals surface area contributed by atoms with Crippen molar-refractivity contribution in [3.63, 3.8) is 0 Å². The number of hydrogen-bond donors (Lipinski definition) is 0. The largest absolute Gasteiger partial charge is 0.261 e. The number of rotatable bonds is 7. The highest BCUT2D eigenvalue weighted by Gasteiger charge is 2.20. The Balaban J connectivity index is 1.52. The van der Waals surface area contributed by atoms with E-state index in [9.17, 15) is 0 Å². The van der Waals surface area contributed by atoms with Gasteiger partial charge in [-0.2, -0.15) is 0 Å². The number of allylic oxidation sites excluding steroid dienone is 2. The van der Waals surface area contributed by atoms with E-state index in [0.717, 1.165) is 58.3 Å². The lowest BCUT2D eigenvalue weighted by Gasteiger charge is -2.22. The molecule has 2 heterocycles. The van der Waals surface area contributed by atoms with E-state index in [4.69, 9.17) is 19.9 Å². The zero-order chi connectivity index (χ0) is 32.3. The Morgan fingerprint density at radius 1 is 0.681 bits per heavy atom. The summed E-state index contributed by atoms with van der Waals surface area (Å²) >= 11 is 0. The number of pyridine rings is 1. The summed E-state index contributed by atoms with van der Waals surface area (Å²) in [5, 5.41) is 0. The van der Waals surface area contributed by atoms with Crippen LogP contribution in [0.1, 0.15) is 53.8 Å². The third-order valence-electron chi connectivity index (χ3n) is 8.93. The first-order valence-electron chi connectivity index (χ1n) is 16.5. The lowest BCUT2D eigenvalue weighted by atomic mass is 9.82. The Hall–Kier alpha value is -5.48. The molecule has 0 saturated heterocycles. The van der Waals surface area contributed by atoms with Crippen LogP contribution < -0.4 is 0 Å². The van der Waals surface area contributed by atoms with E-state index in [1.807, 2.05) is 73.8 Å². The summed E-state index contributed by atoms with van der Waals surface area (Å²) in [4.78, 5) is 19.9. The van der Waals surface area contributed by atoms with Crippen LogP contribution in [0.3, 0.4) is 0 Å². The van der Waals surface area contributed by atoms with Gasteiger partial charge in [-0.25, -0.2) is 15.0 Å². The Morgan fingerprint density at radius 2 is 1.28 bits per heavy atom. The van der Waals surface area contributed by atoms with Gasteiger partial charge in [-0.3, -0.25) is 4.98 Å². The molecule has 0 fully saturated rings. The average Bonchev–Trinajstić information content (AvgIpc) is 3.12. The van der Waals surface area contributed by atoms with Crippen LogP contribution in [0.15, 0.2) is 109 Å². The van der Waals surface area contributed by atoms with Crippen LogP contribution in [-0.4, -0.2) is 19.9 Å². The van der Waals surface area contributed by atoms with E-state index in [1.165, 1.54) is 33.4 Å². The molecule has 1 aliphatic rings. The summed E-state index contributed by atoms with van der Waals surface area (Å²) < 4.78 is 0. The third kappa shape index (κ3) is 6.07. The van der Waals surface area contributed by atoms with E-state index in [2.05, 4.69) is 75.4 Å². The molecule has 230 valence electrons. The summed E-state index contributed by atoms with van der Waals surface area (Å²) in [6.07, 6.45) is 14.1. The molecule has 0 unspecified atom stereocenters. The van der Waals surface area contributed by atoms with E-state index < -0.39 is 0 Å². The van der Waals surface area contributed by atoms with Crippen molar-refractivity contribution >= 4 is 12.2 Å². The van der Waals surface area contributed by atoms with Gasteiger partial charge in [0.05, 0.1) is 0 Å². The monoisotopic (exact) mass is 610 g/mol. The van der Waals surface area contributed by atoms with Crippen LogP contribution >= 0.6 is 0 Å². The van der Waals surface area contributed by atoms with Crippen LogP contribution in [0.25, 0.3) is 68.6 Å². The third-order valence-corrected chi connectivity index (χ3v) is 8.93. The van der Waals surface area contributed by atoms with Gasteiger partial charge in [0, 0.05) is 34.1 Å². The summed E-state index contributed by atoms with van der Waals surface area (Å²) in [6, 6.07) is 31.6. The zero-order valence-electron chi connectivity index (χ0n) is 27.5. The van der Waals surface area contributed by atoms with E-state index in [-0.39, 0.29) is 0 Å². The first kappa shape index (κ1) is 30.2. The molecule has 0 radical (unpaired) electrons.